The van der Waals surface area contributed by atoms with Gasteiger partial charge in [0.25, 0.3) is 5.91 Å². The van der Waals surface area contributed by atoms with Crippen LogP contribution in [-0.2, 0) is 9.59 Å². The molecule has 102 valence electrons. The van der Waals surface area contributed by atoms with E-state index in [1.54, 1.807) is 0 Å². The average molecular weight is 271 g/mol. The van der Waals surface area contributed by atoms with E-state index in [4.69, 9.17) is 0 Å². The van der Waals surface area contributed by atoms with Gasteiger partial charge in [-0.2, -0.15) is 0 Å². The third-order valence-corrected chi connectivity index (χ3v) is 3.31. The van der Waals surface area contributed by atoms with Crippen LogP contribution >= 0.6 is 0 Å². The quantitative estimate of drug-likeness (QED) is 0.804. The first-order valence-electron chi connectivity index (χ1n) is 6.31. The fourth-order valence-corrected chi connectivity index (χ4v) is 2.15. The van der Waals surface area contributed by atoms with Crippen LogP contribution in [-0.4, -0.2) is 45.0 Å². The van der Waals surface area contributed by atoms with Gasteiger partial charge in [0, 0.05) is 13.5 Å². The highest BCUT2D eigenvalue weighted by molar-refractivity contribution is 6.01. The summed E-state index contributed by atoms with van der Waals surface area (Å²) in [6.07, 6.45) is 0.777. The SMILES string of the molecule is CN1C(=O)CCC(Nc2nnc3ccccc3n2)C1=O. The van der Waals surface area contributed by atoms with Crippen molar-refractivity contribution >= 4 is 28.8 Å². The van der Waals surface area contributed by atoms with E-state index in [0.29, 0.717) is 29.8 Å². The first-order valence-corrected chi connectivity index (χ1v) is 6.31. The van der Waals surface area contributed by atoms with Crippen molar-refractivity contribution in [2.75, 3.05) is 12.4 Å². The van der Waals surface area contributed by atoms with Gasteiger partial charge in [-0.3, -0.25) is 14.5 Å². The number of piperidine rings is 1. The Morgan fingerprint density at radius 2 is 1.95 bits per heavy atom. The maximum atomic E-state index is 12.0. The van der Waals surface area contributed by atoms with Crippen molar-refractivity contribution in [3.8, 4) is 0 Å². The van der Waals surface area contributed by atoms with E-state index in [1.165, 1.54) is 7.05 Å². The molecule has 1 aliphatic rings. The summed E-state index contributed by atoms with van der Waals surface area (Å²) in [7, 11) is 1.48. The van der Waals surface area contributed by atoms with E-state index in [9.17, 15) is 9.59 Å². The van der Waals surface area contributed by atoms with E-state index in [1.807, 2.05) is 24.3 Å². The molecule has 1 aliphatic heterocycles. The number of carbonyl (C=O) groups is 2. The summed E-state index contributed by atoms with van der Waals surface area (Å²) in [5.74, 6) is -0.131. The molecular weight excluding hydrogens is 258 g/mol. The number of rotatable bonds is 2. The van der Waals surface area contributed by atoms with Crippen LogP contribution in [0, 0.1) is 0 Å². The van der Waals surface area contributed by atoms with Crippen LogP contribution in [0.15, 0.2) is 24.3 Å². The first-order chi connectivity index (χ1) is 9.65. The summed E-state index contributed by atoms with van der Waals surface area (Å²) in [5.41, 5.74) is 1.40. The molecule has 1 fully saturated rings. The van der Waals surface area contributed by atoms with Crippen LogP contribution in [0.3, 0.4) is 0 Å². The summed E-state index contributed by atoms with van der Waals surface area (Å²) in [6.45, 7) is 0. The predicted octanol–water partition coefficient (Wildman–Crippen LogP) is 0.584. The molecule has 1 aromatic heterocycles. The van der Waals surface area contributed by atoms with Crippen LogP contribution in [0.2, 0.25) is 0 Å². The zero-order valence-corrected chi connectivity index (χ0v) is 10.9. The number of carbonyl (C=O) groups excluding carboxylic acids is 2. The highest BCUT2D eigenvalue weighted by Gasteiger charge is 2.32. The summed E-state index contributed by atoms with van der Waals surface area (Å²) in [6, 6.07) is 6.88. The van der Waals surface area contributed by atoms with Gasteiger partial charge in [-0.1, -0.05) is 12.1 Å². The molecule has 7 heteroatoms. The number of hydrogen-bond donors (Lipinski definition) is 1. The molecule has 1 N–H and O–H groups in total. The largest absolute Gasteiger partial charge is 0.341 e. The number of nitrogens with one attached hydrogen (secondary N) is 1. The van der Waals surface area contributed by atoms with E-state index in [0.717, 1.165) is 4.90 Å². The number of aromatic nitrogens is 3. The smallest absolute Gasteiger partial charge is 0.251 e. The lowest BCUT2D eigenvalue weighted by Gasteiger charge is -2.27. The third kappa shape index (κ3) is 2.18. The standard InChI is InChI=1S/C13H13N5O2/c1-18-11(19)7-6-10(12(18)20)15-13-14-8-4-2-3-5-9(8)16-17-13/h2-5,10H,6-7H2,1H3,(H,14,15,17). The molecular formula is C13H13N5O2. The van der Waals surface area contributed by atoms with Crippen molar-refractivity contribution in [2.45, 2.75) is 18.9 Å². The Labute approximate surface area is 115 Å². The van der Waals surface area contributed by atoms with Crippen molar-refractivity contribution < 1.29 is 9.59 Å². The van der Waals surface area contributed by atoms with Gasteiger partial charge in [-0.05, 0) is 18.6 Å². The fourth-order valence-electron chi connectivity index (χ4n) is 2.15. The van der Waals surface area contributed by atoms with Crippen molar-refractivity contribution in [2.24, 2.45) is 0 Å². The van der Waals surface area contributed by atoms with Gasteiger partial charge >= 0.3 is 0 Å². The molecule has 2 aromatic rings. The van der Waals surface area contributed by atoms with Crippen molar-refractivity contribution in [3.05, 3.63) is 24.3 Å². The van der Waals surface area contributed by atoms with Crippen LogP contribution in [0.1, 0.15) is 12.8 Å². The molecule has 1 unspecified atom stereocenters. The highest BCUT2D eigenvalue weighted by atomic mass is 16.2. The predicted molar refractivity (Wildman–Crippen MR) is 71.8 cm³/mol. The monoisotopic (exact) mass is 271 g/mol. The second kappa shape index (κ2) is 4.84. The van der Waals surface area contributed by atoms with Gasteiger partial charge in [0.2, 0.25) is 11.9 Å². The Morgan fingerprint density at radius 3 is 2.75 bits per heavy atom. The normalized spacial score (nSPS) is 19.4. The molecule has 0 bridgehead atoms. The summed E-state index contributed by atoms with van der Waals surface area (Å²) in [5, 5.41) is 10.9. The molecule has 0 spiro atoms. The van der Waals surface area contributed by atoms with E-state index in [2.05, 4.69) is 20.5 Å². The Morgan fingerprint density at radius 1 is 1.20 bits per heavy atom. The van der Waals surface area contributed by atoms with Crippen LogP contribution < -0.4 is 5.32 Å². The van der Waals surface area contributed by atoms with Crippen molar-refractivity contribution in [1.82, 2.24) is 20.1 Å². The minimum atomic E-state index is -0.485. The van der Waals surface area contributed by atoms with E-state index < -0.39 is 6.04 Å². The van der Waals surface area contributed by atoms with Gasteiger partial charge in [0.05, 0.1) is 5.52 Å². The number of para-hydroxylation sites is 1. The number of likely N-dealkylation sites (tertiary alicyclic amines) is 1. The molecule has 1 aromatic carbocycles. The minimum absolute atomic E-state index is 0.161. The van der Waals surface area contributed by atoms with Crippen LogP contribution in [0.4, 0.5) is 5.95 Å². The lowest BCUT2D eigenvalue weighted by atomic mass is 10.1. The van der Waals surface area contributed by atoms with Gasteiger partial charge in [0.1, 0.15) is 11.6 Å². The summed E-state index contributed by atoms with van der Waals surface area (Å²) in [4.78, 5) is 28.8. The molecule has 0 radical (unpaired) electrons. The number of imide groups is 1. The number of likely N-dealkylation sites (N-methyl/N-ethyl adjacent to an activating group) is 1. The molecule has 3 rings (SSSR count). The lowest BCUT2D eigenvalue weighted by molar-refractivity contribution is -0.146. The third-order valence-electron chi connectivity index (χ3n) is 3.31. The van der Waals surface area contributed by atoms with Gasteiger partial charge in [-0.25, -0.2) is 4.98 Å². The summed E-state index contributed by atoms with van der Waals surface area (Å²) < 4.78 is 0. The van der Waals surface area contributed by atoms with E-state index >= 15 is 0 Å². The second-order valence-electron chi connectivity index (χ2n) is 4.65. The lowest BCUT2D eigenvalue weighted by Crippen LogP contribution is -2.48. The number of hydrogen-bond acceptors (Lipinski definition) is 6. The Hall–Kier alpha value is -2.57. The number of nitrogens with zero attached hydrogens (tertiary/aromatic N) is 4. The number of fused-ring (bicyclic) bond motifs is 1. The molecule has 1 atom stereocenters. The molecule has 2 amide bonds. The van der Waals surface area contributed by atoms with Crippen LogP contribution in [0.25, 0.3) is 11.0 Å². The van der Waals surface area contributed by atoms with Gasteiger partial charge in [0.15, 0.2) is 0 Å². The second-order valence-corrected chi connectivity index (χ2v) is 4.65. The maximum Gasteiger partial charge on any atom is 0.251 e. The van der Waals surface area contributed by atoms with Gasteiger partial charge < -0.3 is 5.32 Å². The summed E-state index contributed by atoms with van der Waals surface area (Å²) >= 11 is 0. The molecule has 1 saturated heterocycles. The Balaban J connectivity index is 1.82. The van der Waals surface area contributed by atoms with Crippen molar-refractivity contribution in [3.63, 3.8) is 0 Å². The zero-order valence-electron chi connectivity index (χ0n) is 10.9. The average Bonchev–Trinajstić information content (AvgIpc) is 2.48. The number of benzene rings is 1. The number of amides is 2. The van der Waals surface area contributed by atoms with Gasteiger partial charge in [-0.15, -0.1) is 10.2 Å². The molecule has 7 nitrogen and oxygen atoms in total. The topological polar surface area (TPSA) is 88.1 Å². The number of anilines is 1. The molecule has 0 saturated carbocycles. The van der Waals surface area contributed by atoms with Crippen molar-refractivity contribution in [1.29, 1.82) is 0 Å². The Bertz CT molecular complexity index is 687. The van der Waals surface area contributed by atoms with Crippen LogP contribution in [0.5, 0.6) is 0 Å². The molecule has 20 heavy (non-hydrogen) atoms. The zero-order chi connectivity index (χ0) is 14.1. The minimum Gasteiger partial charge on any atom is -0.341 e. The fraction of sp³-hybridized carbons (Fsp3) is 0.308. The first kappa shape index (κ1) is 12.5. The molecule has 2 heterocycles. The maximum absolute atomic E-state index is 12.0. The molecule has 0 aliphatic carbocycles. The Kier molecular flexibility index (Phi) is 3.02. The van der Waals surface area contributed by atoms with E-state index in [-0.39, 0.29) is 11.8 Å². The highest BCUT2D eigenvalue weighted by Crippen LogP contribution is 2.16.